The Labute approximate surface area is 209 Å². The first-order chi connectivity index (χ1) is 16.8. The van der Waals surface area contributed by atoms with E-state index in [0.29, 0.717) is 23.7 Å². The fourth-order valence-corrected chi connectivity index (χ4v) is 7.24. The molecule has 3 atom stereocenters. The molecule has 0 unspecified atom stereocenters. The summed E-state index contributed by atoms with van der Waals surface area (Å²) in [5.74, 6) is -2.95. The van der Waals surface area contributed by atoms with Crippen molar-refractivity contribution < 1.29 is 41.0 Å². The minimum atomic E-state index is -5.08. The molecule has 194 valence electrons. The first-order valence-electron chi connectivity index (χ1n) is 10.7. The first-order valence-corrected chi connectivity index (χ1v) is 12.6. The second kappa shape index (κ2) is 9.61. The summed E-state index contributed by atoms with van der Waals surface area (Å²) in [5.41, 5.74) is 0.287. The number of amides is 1. The SMILES string of the molecule is O=C(O)C(F)(F)F.O=C(c1ccccn1)N1C[C@H]2C[C@H]3[C@](C1)(CN(Cc1cccc(Cl)c1)S3(=O)=O)O2. The molecule has 2 aromatic rings. The summed E-state index contributed by atoms with van der Waals surface area (Å²) in [5, 5.41) is 7.05. The Hall–Kier alpha value is -2.74. The van der Waals surface area contributed by atoms with Gasteiger partial charge < -0.3 is 14.7 Å². The standard InChI is InChI=1S/C20H20ClN3O4S.C2HF3O2/c21-15-5-3-4-14(8-15)10-24-13-20-12-23(19(25)17-6-1-2-7-22-17)11-16(28-20)9-18(20)29(24,26)27;3-2(4,5)1(6)7/h1-8,16,18H,9-13H2;(H,6,7)/t16-,18+,20+;/m1./s1. The van der Waals surface area contributed by atoms with Crippen LogP contribution in [-0.4, -0.2) is 82.4 Å². The van der Waals surface area contributed by atoms with Crippen molar-refractivity contribution in [2.24, 2.45) is 0 Å². The van der Waals surface area contributed by atoms with Gasteiger partial charge in [0.1, 0.15) is 16.5 Å². The molecule has 3 aliphatic rings. The number of aliphatic carboxylic acids is 1. The lowest BCUT2D eigenvalue weighted by molar-refractivity contribution is -0.192. The van der Waals surface area contributed by atoms with Crippen LogP contribution in [0.1, 0.15) is 22.5 Å². The van der Waals surface area contributed by atoms with Crippen LogP contribution in [0.4, 0.5) is 13.2 Å². The summed E-state index contributed by atoms with van der Waals surface area (Å²) in [7, 11) is -3.54. The highest BCUT2D eigenvalue weighted by Gasteiger charge is 2.65. The highest BCUT2D eigenvalue weighted by molar-refractivity contribution is 7.90. The number of hydrogen-bond donors (Lipinski definition) is 1. The molecule has 1 N–H and O–H groups in total. The van der Waals surface area contributed by atoms with Crippen molar-refractivity contribution in [1.82, 2.24) is 14.2 Å². The molecule has 0 aliphatic carbocycles. The minimum absolute atomic E-state index is 0.190. The van der Waals surface area contributed by atoms with Gasteiger partial charge in [0.25, 0.3) is 5.91 Å². The van der Waals surface area contributed by atoms with Crippen molar-refractivity contribution in [3.8, 4) is 0 Å². The van der Waals surface area contributed by atoms with Crippen molar-refractivity contribution in [2.75, 3.05) is 19.6 Å². The first kappa shape index (κ1) is 26.3. The Kier molecular flexibility index (Phi) is 7.03. The summed E-state index contributed by atoms with van der Waals surface area (Å²) in [4.78, 5) is 27.6. The summed E-state index contributed by atoms with van der Waals surface area (Å²) in [6, 6.07) is 12.4. The van der Waals surface area contributed by atoms with Crippen LogP contribution in [0.15, 0.2) is 48.7 Å². The molecule has 1 spiro atoms. The number of carboxylic acid groups (broad SMARTS) is 1. The second-order valence-corrected chi connectivity index (χ2v) is 11.2. The van der Waals surface area contributed by atoms with E-state index < -0.39 is 33.0 Å². The van der Waals surface area contributed by atoms with Gasteiger partial charge in [-0.15, -0.1) is 0 Å². The molecule has 14 heteroatoms. The largest absolute Gasteiger partial charge is 0.490 e. The van der Waals surface area contributed by atoms with Gasteiger partial charge in [-0.3, -0.25) is 9.78 Å². The normalized spacial score (nSPS) is 26.6. The Morgan fingerprint density at radius 3 is 2.53 bits per heavy atom. The molecule has 1 aromatic heterocycles. The molecule has 4 heterocycles. The molecule has 1 amide bonds. The molecule has 0 saturated carbocycles. The van der Waals surface area contributed by atoms with E-state index in [1.807, 2.05) is 6.07 Å². The van der Waals surface area contributed by atoms with E-state index in [2.05, 4.69) is 4.98 Å². The maximum Gasteiger partial charge on any atom is 0.490 e. The number of sulfonamides is 1. The van der Waals surface area contributed by atoms with Gasteiger partial charge in [-0.1, -0.05) is 29.8 Å². The molecule has 3 fully saturated rings. The third-order valence-corrected chi connectivity index (χ3v) is 8.73. The smallest absolute Gasteiger partial charge is 0.475 e. The number of pyridine rings is 1. The van der Waals surface area contributed by atoms with Crippen LogP contribution in [-0.2, 0) is 26.1 Å². The molecule has 5 rings (SSSR count). The second-order valence-electron chi connectivity index (χ2n) is 8.68. The molecule has 36 heavy (non-hydrogen) atoms. The van der Waals surface area contributed by atoms with Crippen molar-refractivity contribution in [3.63, 3.8) is 0 Å². The molecular weight excluding hydrogens is 527 g/mol. The molecule has 3 saturated heterocycles. The number of likely N-dealkylation sites (tertiary alicyclic amines) is 1. The summed E-state index contributed by atoms with van der Waals surface area (Å²) >= 11 is 6.05. The van der Waals surface area contributed by atoms with Gasteiger partial charge >= 0.3 is 12.1 Å². The number of benzene rings is 1. The fourth-order valence-electron chi connectivity index (χ4n) is 4.74. The van der Waals surface area contributed by atoms with Gasteiger partial charge in [-0.2, -0.15) is 17.5 Å². The highest BCUT2D eigenvalue weighted by atomic mass is 35.5. The predicted molar refractivity (Wildman–Crippen MR) is 121 cm³/mol. The van der Waals surface area contributed by atoms with Gasteiger partial charge in [0.05, 0.1) is 12.6 Å². The van der Waals surface area contributed by atoms with Crippen LogP contribution in [0.5, 0.6) is 0 Å². The summed E-state index contributed by atoms with van der Waals surface area (Å²) in [6.45, 7) is 1.10. The van der Waals surface area contributed by atoms with E-state index in [9.17, 15) is 26.4 Å². The number of morpholine rings is 1. The van der Waals surface area contributed by atoms with E-state index >= 15 is 0 Å². The van der Waals surface area contributed by atoms with E-state index in [-0.39, 0.29) is 31.6 Å². The maximum absolute atomic E-state index is 13.2. The zero-order chi connectivity index (χ0) is 26.3. The number of aromatic nitrogens is 1. The van der Waals surface area contributed by atoms with Crippen molar-refractivity contribution in [1.29, 1.82) is 0 Å². The quantitative estimate of drug-likeness (QED) is 0.627. The van der Waals surface area contributed by atoms with Crippen LogP contribution in [0, 0.1) is 0 Å². The fraction of sp³-hybridized carbons (Fsp3) is 0.409. The average Bonchev–Trinajstić information content (AvgIpc) is 3.18. The van der Waals surface area contributed by atoms with Gasteiger partial charge in [0.15, 0.2) is 0 Å². The predicted octanol–water partition coefficient (Wildman–Crippen LogP) is 2.57. The average molecular weight is 548 g/mol. The van der Waals surface area contributed by atoms with Gasteiger partial charge in [-0.25, -0.2) is 13.2 Å². The number of carboxylic acids is 1. The maximum atomic E-state index is 13.2. The van der Waals surface area contributed by atoms with Crippen LogP contribution in [0.25, 0.3) is 0 Å². The number of ether oxygens (including phenoxy) is 1. The Balaban J connectivity index is 0.000000384. The molecule has 9 nitrogen and oxygen atoms in total. The highest BCUT2D eigenvalue weighted by Crippen LogP contribution is 2.47. The Morgan fingerprint density at radius 2 is 1.92 bits per heavy atom. The van der Waals surface area contributed by atoms with Crippen LogP contribution >= 0.6 is 11.6 Å². The minimum Gasteiger partial charge on any atom is -0.475 e. The third kappa shape index (κ3) is 5.19. The Bertz CT molecular complexity index is 1260. The van der Waals surface area contributed by atoms with Crippen molar-refractivity contribution in [3.05, 3.63) is 64.9 Å². The third-order valence-electron chi connectivity index (χ3n) is 6.17. The zero-order valence-corrected chi connectivity index (χ0v) is 20.1. The monoisotopic (exact) mass is 547 g/mol. The number of nitrogens with zero attached hydrogens (tertiary/aromatic N) is 3. The molecular formula is C22H21ClF3N3O6S. The van der Waals surface area contributed by atoms with Crippen LogP contribution in [0.2, 0.25) is 5.02 Å². The van der Waals surface area contributed by atoms with Crippen molar-refractivity contribution in [2.45, 2.75) is 36.1 Å². The molecule has 3 aliphatic heterocycles. The van der Waals surface area contributed by atoms with E-state index in [4.69, 9.17) is 26.2 Å². The van der Waals surface area contributed by atoms with E-state index in [1.165, 1.54) is 4.31 Å². The van der Waals surface area contributed by atoms with Gasteiger partial charge in [0.2, 0.25) is 10.0 Å². The number of carbonyl (C=O) groups excluding carboxylic acids is 1. The number of hydrogen-bond acceptors (Lipinski definition) is 6. The Morgan fingerprint density at radius 1 is 1.19 bits per heavy atom. The lowest BCUT2D eigenvalue weighted by Crippen LogP contribution is -2.56. The zero-order valence-electron chi connectivity index (χ0n) is 18.6. The lowest BCUT2D eigenvalue weighted by Gasteiger charge is -2.39. The number of alkyl halides is 3. The van der Waals surface area contributed by atoms with Crippen LogP contribution in [0.3, 0.4) is 0 Å². The van der Waals surface area contributed by atoms with Gasteiger partial charge in [-0.05, 0) is 36.2 Å². The van der Waals surface area contributed by atoms with E-state index in [1.54, 1.807) is 47.5 Å². The van der Waals surface area contributed by atoms with Crippen LogP contribution < -0.4 is 0 Å². The number of rotatable bonds is 3. The molecule has 0 radical (unpaired) electrons. The number of fused-ring (bicyclic) bond motifs is 1. The van der Waals surface area contributed by atoms with Crippen molar-refractivity contribution >= 4 is 33.5 Å². The lowest BCUT2D eigenvalue weighted by atomic mass is 9.99. The van der Waals surface area contributed by atoms with E-state index in [0.717, 1.165) is 5.56 Å². The summed E-state index contributed by atoms with van der Waals surface area (Å²) in [6.07, 6.45) is -3.37. The molecule has 1 aromatic carbocycles. The number of carbonyl (C=O) groups is 2. The summed E-state index contributed by atoms with van der Waals surface area (Å²) < 4.78 is 65.9. The molecule has 2 bridgehead atoms. The number of halogens is 4. The topological polar surface area (TPSA) is 117 Å². The van der Waals surface area contributed by atoms with Gasteiger partial charge in [0, 0.05) is 30.9 Å².